The van der Waals surface area contributed by atoms with Gasteiger partial charge in [0.15, 0.2) is 0 Å². The third kappa shape index (κ3) is 3.20. The van der Waals surface area contributed by atoms with Crippen molar-refractivity contribution in [1.29, 1.82) is 0 Å². The molecule has 1 amide bonds. The summed E-state index contributed by atoms with van der Waals surface area (Å²) in [4.78, 5) is 14.4. The van der Waals surface area contributed by atoms with Crippen LogP contribution in [-0.2, 0) is 7.05 Å². The topological polar surface area (TPSA) is 50.2 Å². The predicted octanol–water partition coefficient (Wildman–Crippen LogP) is 1.64. The van der Waals surface area contributed by atoms with Crippen molar-refractivity contribution < 1.29 is 4.79 Å². The molecule has 0 saturated carbocycles. The van der Waals surface area contributed by atoms with Crippen molar-refractivity contribution in [3.8, 4) is 0 Å². The molecule has 1 aromatic heterocycles. The van der Waals surface area contributed by atoms with Crippen LogP contribution in [0.5, 0.6) is 0 Å². The summed E-state index contributed by atoms with van der Waals surface area (Å²) in [5.41, 5.74) is 2.51. The highest BCUT2D eigenvalue weighted by Crippen LogP contribution is 2.15. The Morgan fingerprint density at radius 1 is 1.45 bits per heavy atom. The van der Waals surface area contributed by atoms with E-state index in [1.165, 1.54) is 19.3 Å². The van der Waals surface area contributed by atoms with E-state index < -0.39 is 0 Å². The fraction of sp³-hybridized carbons (Fsp3) is 0.733. The Morgan fingerprint density at radius 3 is 2.75 bits per heavy atom. The Hall–Kier alpha value is -1.36. The lowest BCUT2D eigenvalue weighted by atomic mass is 10.0. The van der Waals surface area contributed by atoms with Crippen LogP contribution in [0.4, 0.5) is 0 Å². The number of nitrogens with zero attached hydrogens (tertiary/aromatic N) is 3. The number of hydrogen-bond acceptors (Lipinski definition) is 3. The van der Waals surface area contributed by atoms with Crippen LogP contribution in [0.3, 0.4) is 0 Å². The minimum absolute atomic E-state index is 0.0870. The molecule has 0 aromatic carbocycles. The van der Waals surface area contributed by atoms with E-state index in [4.69, 9.17) is 0 Å². The van der Waals surface area contributed by atoms with Crippen molar-refractivity contribution in [3.05, 3.63) is 17.0 Å². The van der Waals surface area contributed by atoms with Gasteiger partial charge in [-0.3, -0.25) is 9.48 Å². The smallest absolute Gasteiger partial charge is 0.257 e. The van der Waals surface area contributed by atoms with Gasteiger partial charge in [-0.25, -0.2) is 0 Å². The van der Waals surface area contributed by atoms with Gasteiger partial charge in [0.1, 0.15) is 0 Å². The van der Waals surface area contributed by atoms with Gasteiger partial charge in [-0.05, 0) is 39.7 Å². The first-order valence-corrected chi connectivity index (χ1v) is 7.49. The summed E-state index contributed by atoms with van der Waals surface area (Å²) in [6.45, 7) is 5.76. The molecule has 1 aliphatic rings. The number of carbonyl (C=O) groups excluding carboxylic acids is 1. The fourth-order valence-electron chi connectivity index (χ4n) is 2.90. The number of aryl methyl sites for hydroxylation is 2. The number of rotatable bonds is 4. The molecule has 1 atom stereocenters. The van der Waals surface area contributed by atoms with Crippen LogP contribution in [0.25, 0.3) is 0 Å². The molecule has 5 heteroatoms. The summed E-state index contributed by atoms with van der Waals surface area (Å²) in [7, 11) is 3.77. The van der Waals surface area contributed by atoms with Crippen molar-refractivity contribution in [2.24, 2.45) is 7.05 Å². The first kappa shape index (κ1) is 15.0. The zero-order valence-corrected chi connectivity index (χ0v) is 13.1. The second-order valence-electron chi connectivity index (χ2n) is 5.83. The van der Waals surface area contributed by atoms with Gasteiger partial charge in [0.05, 0.1) is 11.3 Å². The van der Waals surface area contributed by atoms with Gasteiger partial charge in [0, 0.05) is 32.4 Å². The summed E-state index contributed by atoms with van der Waals surface area (Å²) in [6, 6.07) is 0.565. The molecule has 5 nitrogen and oxygen atoms in total. The van der Waals surface area contributed by atoms with E-state index in [1.54, 1.807) is 4.68 Å². The molecule has 0 aliphatic carbocycles. The number of carbonyl (C=O) groups is 1. The highest BCUT2D eigenvalue weighted by atomic mass is 16.2. The summed E-state index contributed by atoms with van der Waals surface area (Å²) in [6.07, 6.45) is 4.84. The average molecular weight is 278 g/mol. The molecule has 20 heavy (non-hydrogen) atoms. The maximum atomic E-state index is 12.5. The van der Waals surface area contributed by atoms with Gasteiger partial charge in [-0.15, -0.1) is 0 Å². The molecule has 1 N–H and O–H groups in total. The Morgan fingerprint density at radius 2 is 2.20 bits per heavy atom. The van der Waals surface area contributed by atoms with Crippen LogP contribution < -0.4 is 5.32 Å². The van der Waals surface area contributed by atoms with Crippen LogP contribution >= 0.6 is 0 Å². The minimum Gasteiger partial charge on any atom is -0.342 e. The van der Waals surface area contributed by atoms with E-state index in [-0.39, 0.29) is 5.91 Å². The monoisotopic (exact) mass is 278 g/mol. The van der Waals surface area contributed by atoms with E-state index in [0.29, 0.717) is 6.04 Å². The van der Waals surface area contributed by atoms with Crippen LogP contribution in [0.2, 0.25) is 0 Å². The molecular formula is C15H26N4O. The highest BCUT2D eigenvalue weighted by Gasteiger charge is 2.21. The summed E-state index contributed by atoms with van der Waals surface area (Å²) >= 11 is 0. The molecule has 1 saturated heterocycles. The molecule has 1 unspecified atom stereocenters. The predicted molar refractivity (Wildman–Crippen MR) is 79.9 cm³/mol. The van der Waals surface area contributed by atoms with Crippen molar-refractivity contribution in [2.75, 3.05) is 20.1 Å². The van der Waals surface area contributed by atoms with Gasteiger partial charge in [0.25, 0.3) is 5.91 Å². The maximum absolute atomic E-state index is 12.5. The third-order valence-electron chi connectivity index (χ3n) is 4.29. The van der Waals surface area contributed by atoms with Crippen LogP contribution in [0.15, 0.2) is 0 Å². The van der Waals surface area contributed by atoms with Gasteiger partial charge in [-0.2, -0.15) is 5.10 Å². The largest absolute Gasteiger partial charge is 0.342 e. The lowest BCUT2D eigenvalue weighted by molar-refractivity contribution is 0.0786. The molecule has 2 rings (SSSR count). The fourth-order valence-corrected chi connectivity index (χ4v) is 2.90. The summed E-state index contributed by atoms with van der Waals surface area (Å²) in [5.74, 6) is 0.0870. The van der Waals surface area contributed by atoms with Gasteiger partial charge in [0.2, 0.25) is 0 Å². The molecule has 0 radical (unpaired) electrons. The van der Waals surface area contributed by atoms with E-state index in [1.807, 2.05) is 32.8 Å². The van der Waals surface area contributed by atoms with Crippen molar-refractivity contribution >= 4 is 5.91 Å². The maximum Gasteiger partial charge on any atom is 0.257 e. The molecule has 1 aromatic rings. The first-order valence-electron chi connectivity index (χ1n) is 7.49. The Balaban J connectivity index is 1.94. The van der Waals surface area contributed by atoms with E-state index >= 15 is 0 Å². The van der Waals surface area contributed by atoms with Crippen LogP contribution in [0, 0.1) is 13.8 Å². The molecular weight excluding hydrogens is 252 g/mol. The quantitative estimate of drug-likeness (QED) is 0.911. The van der Waals surface area contributed by atoms with Crippen molar-refractivity contribution in [2.45, 2.75) is 45.6 Å². The molecule has 0 bridgehead atoms. The lowest BCUT2D eigenvalue weighted by Gasteiger charge is -2.26. The van der Waals surface area contributed by atoms with Crippen LogP contribution in [0.1, 0.15) is 47.4 Å². The van der Waals surface area contributed by atoms with Crippen molar-refractivity contribution in [1.82, 2.24) is 20.0 Å². The van der Waals surface area contributed by atoms with E-state index in [9.17, 15) is 4.79 Å². The second-order valence-corrected chi connectivity index (χ2v) is 5.83. The second kappa shape index (κ2) is 6.39. The molecule has 1 fully saturated rings. The van der Waals surface area contributed by atoms with Gasteiger partial charge >= 0.3 is 0 Å². The van der Waals surface area contributed by atoms with Gasteiger partial charge < -0.3 is 10.2 Å². The highest BCUT2D eigenvalue weighted by molar-refractivity contribution is 5.96. The normalized spacial score (nSPS) is 19.1. The van der Waals surface area contributed by atoms with Gasteiger partial charge in [-0.1, -0.05) is 6.42 Å². The standard InChI is InChI=1S/C15H26N4O/c1-11-14(12(2)19(4)17-11)15(20)18(3)10-8-13-7-5-6-9-16-13/h13,16H,5-10H2,1-4H3. The molecule has 1 aliphatic heterocycles. The zero-order valence-electron chi connectivity index (χ0n) is 13.1. The Kier molecular flexibility index (Phi) is 4.81. The number of hydrogen-bond donors (Lipinski definition) is 1. The lowest BCUT2D eigenvalue weighted by Crippen LogP contribution is -2.38. The minimum atomic E-state index is 0.0870. The number of amides is 1. The van der Waals surface area contributed by atoms with Crippen LogP contribution in [-0.4, -0.2) is 46.8 Å². The summed E-state index contributed by atoms with van der Waals surface area (Å²) in [5, 5.41) is 7.85. The number of piperidine rings is 1. The number of nitrogens with one attached hydrogen (secondary N) is 1. The van der Waals surface area contributed by atoms with Crippen molar-refractivity contribution in [3.63, 3.8) is 0 Å². The zero-order chi connectivity index (χ0) is 14.7. The Labute approximate surface area is 121 Å². The Bertz CT molecular complexity index is 474. The van der Waals surface area contributed by atoms with E-state index in [2.05, 4.69) is 10.4 Å². The third-order valence-corrected chi connectivity index (χ3v) is 4.29. The first-order chi connectivity index (χ1) is 9.50. The molecule has 112 valence electrons. The summed E-state index contributed by atoms with van der Waals surface area (Å²) < 4.78 is 1.78. The molecule has 0 spiro atoms. The van der Waals surface area contributed by atoms with E-state index in [0.717, 1.165) is 36.5 Å². The SMILES string of the molecule is Cc1nn(C)c(C)c1C(=O)N(C)CCC1CCCCN1. The number of aromatic nitrogens is 2. The average Bonchev–Trinajstić information content (AvgIpc) is 2.70. The molecule has 2 heterocycles.